The minimum absolute atomic E-state index is 0.0339. The molecule has 28 heavy (non-hydrogen) atoms. The van der Waals surface area contributed by atoms with E-state index >= 15 is 0 Å². The molecule has 6 nitrogen and oxygen atoms in total. The number of carbonyl (C=O) groups excluding carboxylic acids is 1. The predicted molar refractivity (Wildman–Crippen MR) is 106 cm³/mol. The van der Waals surface area contributed by atoms with E-state index in [4.69, 9.17) is 4.74 Å². The van der Waals surface area contributed by atoms with Gasteiger partial charge in [-0.1, -0.05) is 42.5 Å². The van der Waals surface area contributed by atoms with E-state index in [-0.39, 0.29) is 12.0 Å². The third-order valence-corrected chi connectivity index (χ3v) is 4.96. The molecule has 1 amide bonds. The molecule has 4 rings (SSSR count). The fraction of sp³-hybridized carbons (Fsp3) is 0.318. The van der Waals surface area contributed by atoms with Crippen LogP contribution in [0.15, 0.2) is 67.3 Å². The van der Waals surface area contributed by atoms with Crippen LogP contribution in [-0.4, -0.2) is 44.8 Å². The number of hydrogen-bond acceptors (Lipinski definition) is 4. The summed E-state index contributed by atoms with van der Waals surface area (Å²) in [5, 5.41) is 4.12. The second-order valence-corrected chi connectivity index (χ2v) is 7.10. The Balaban J connectivity index is 1.48. The van der Waals surface area contributed by atoms with Crippen LogP contribution in [0.4, 0.5) is 0 Å². The Morgan fingerprint density at radius 2 is 1.93 bits per heavy atom. The second-order valence-electron chi connectivity index (χ2n) is 7.10. The normalized spacial score (nSPS) is 16.2. The van der Waals surface area contributed by atoms with Crippen LogP contribution in [-0.2, 0) is 17.8 Å². The van der Waals surface area contributed by atoms with Crippen molar-refractivity contribution in [2.24, 2.45) is 0 Å². The van der Waals surface area contributed by atoms with Gasteiger partial charge in [-0.3, -0.25) is 4.79 Å². The summed E-state index contributed by atoms with van der Waals surface area (Å²) in [6, 6.07) is 17.8. The van der Waals surface area contributed by atoms with Gasteiger partial charge in [0.1, 0.15) is 12.7 Å². The molecule has 6 heteroatoms. The fourth-order valence-electron chi connectivity index (χ4n) is 3.49. The van der Waals surface area contributed by atoms with E-state index in [1.165, 1.54) is 6.33 Å². The van der Waals surface area contributed by atoms with Crippen molar-refractivity contribution in [3.05, 3.63) is 83.9 Å². The molecule has 0 N–H and O–H groups in total. The number of rotatable bonds is 7. The summed E-state index contributed by atoms with van der Waals surface area (Å²) in [6.07, 6.45) is 5.40. The fourth-order valence-corrected chi connectivity index (χ4v) is 3.49. The van der Waals surface area contributed by atoms with Gasteiger partial charge < -0.3 is 9.64 Å². The summed E-state index contributed by atoms with van der Waals surface area (Å²) >= 11 is 0. The van der Waals surface area contributed by atoms with Crippen LogP contribution in [0.3, 0.4) is 0 Å². The lowest BCUT2D eigenvalue weighted by Crippen LogP contribution is -2.37. The first-order valence-electron chi connectivity index (χ1n) is 9.64. The summed E-state index contributed by atoms with van der Waals surface area (Å²) in [6.45, 7) is 2.63. The number of benzene rings is 2. The lowest BCUT2D eigenvalue weighted by Gasteiger charge is -2.26. The summed E-state index contributed by atoms with van der Waals surface area (Å²) < 4.78 is 7.54. The Bertz CT molecular complexity index is 873. The zero-order valence-corrected chi connectivity index (χ0v) is 15.8. The summed E-state index contributed by atoms with van der Waals surface area (Å²) in [5.41, 5.74) is 2.89. The molecule has 0 bridgehead atoms. The quantitative estimate of drug-likeness (QED) is 0.636. The SMILES string of the molecule is O=C(c1ccc(Cn2cncn2)cc1)N(Cc1ccccc1)CC1CCCO1. The van der Waals surface area contributed by atoms with Gasteiger partial charge in [0.25, 0.3) is 5.91 Å². The number of carbonyl (C=O) groups is 1. The van der Waals surface area contributed by atoms with Gasteiger partial charge in [-0.2, -0.15) is 5.10 Å². The highest BCUT2D eigenvalue weighted by Crippen LogP contribution is 2.18. The smallest absolute Gasteiger partial charge is 0.254 e. The first-order valence-corrected chi connectivity index (χ1v) is 9.64. The third-order valence-electron chi connectivity index (χ3n) is 4.96. The summed E-state index contributed by atoms with van der Waals surface area (Å²) in [4.78, 5) is 19.1. The zero-order valence-electron chi connectivity index (χ0n) is 15.8. The molecule has 0 aliphatic carbocycles. The average Bonchev–Trinajstić information content (AvgIpc) is 3.43. The number of amides is 1. The van der Waals surface area contributed by atoms with Crippen molar-refractivity contribution in [2.45, 2.75) is 32.0 Å². The van der Waals surface area contributed by atoms with Gasteiger partial charge in [0.2, 0.25) is 0 Å². The number of aromatic nitrogens is 3. The van der Waals surface area contributed by atoms with Crippen molar-refractivity contribution in [1.29, 1.82) is 0 Å². The van der Waals surface area contributed by atoms with Crippen LogP contribution >= 0.6 is 0 Å². The second kappa shape index (κ2) is 8.80. The molecule has 0 saturated carbocycles. The van der Waals surface area contributed by atoms with Crippen LogP contribution in [0, 0.1) is 0 Å². The molecule has 0 spiro atoms. The van der Waals surface area contributed by atoms with Gasteiger partial charge in [0.05, 0.1) is 12.6 Å². The number of hydrogen-bond donors (Lipinski definition) is 0. The summed E-state index contributed by atoms with van der Waals surface area (Å²) in [7, 11) is 0. The molecule has 1 fully saturated rings. The largest absolute Gasteiger partial charge is 0.376 e. The van der Waals surface area contributed by atoms with Gasteiger partial charge in [0.15, 0.2) is 0 Å². The Hall–Kier alpha value is -2.99. The standard InChI is InChI=1S/C22H24N4O2/c27-22(20-10-8-19(9-11-20)14-26-17-23-16-24-26)25(15-21-7-4-12-28-21)13-18-5-2-1-3-6-18/h1-3,5-6,8-11,16-17,21H,4,7,12-15H2. The Morgan fingerprint density at radius 3 is 2.61 bits per heavy atom. The average molecular weight is 376 g/mol. The van der Waals surface area contributed by atoms with Crippen molar-refractivity contribution >= 4 is 5.91 Å². The molecular weight excluding hydrogens is 352 g/mol. The Labute approximate surface area is 164 Å². The van der Waals surface area contributed by atoms with Crippen LogP contribution in [0.1, 0.15) is 34.3 Å². The molecule has 1 saturated heterocycles. The maximum Gasteiger partial charge on any atom is 0.254 e. The van der Waals surface area contributed by atoms with E-state index in [0.29, 0.717) is 25.2 Å². The topological polar surface area (TPSA) is 60.2 Å². The molecule has 1 aromatic heterocycles. The van der Waals surface area contributed by atoms with Crippen LogP contribution in [0.2, 0.25) is 0 Å². The maximum atomic E-state index is 13.2. The van der Waals surface area contributed by atoms with E-state index < -0.39 is 0 Å². The van der Waals surface area contributed by atoms with Crippen LogP contribution in [0.25, 0.3) is 0 Å². The monoisotopic (exact) mass is 376 g/mol. The number of nitrogens with zero attached hydrogens (tertiary/aromatic N) is 4. The van der Waals surface area contributed by atoms with E-state index in [1.54, 1.807) is 11.0 Å². The first kappa shape index (κ1) is 18.4. The molecule has 3 aromatic rings. The number of ether oxygens (including phenoxy) is 1. The van der Waals surface area contributed by atoms with Crippen molar-refractivity contribution in [1.82, 2.24) is 19.7 Å². The lowest BCUT2D eigenvalue weighted by molar-refractivity contribution is 0.0507. The van der Waals surface area contributed by atoms with Gasteiger partial charge in [-0.25, -0.2) is 9.67 Å². The van der Waals surface area contributed by atoms with Gasteiger partial charge in [0, 0.05) is 25.3 Å². The Morgan fingerprint density at radius 1 is 1.11 bits per heavy atom. The highest BCUT2D eigenvalue weighted by molar-refractivity contribution is 5.94. The van der Waals surface area contributed by atoms with Crippen LogP contribution < -0.4 is 0 Å². The minimum atomic E-state index is 0.0339. The van der Waals surface area contributed by atoms with E-state index in [0.717, 1.165) is 30.6 Å². The Kier molecular flexibility index (Phi) is 5.77. The molecule has 2 aromatic carbocycles. The van der Waals surface area contributed by atoms with E-state index in [9.17, 15) is 4.79 Å². The highest BCUT2D eigenvalue weighted by Gasteiger charge is 2.23. The van der Waals surface area contributed by atoms with Crippen molar-refractivity contribution < 1.29 is 9.53 Å². The van der Waals surface area contributed by atoms with Gasteiger partial charge in [-0.15, -0.1) is 0 Å². The van der Waals surface area contributed by atoms with E-state index in [2.05, 4.69) is 22.2 Å². The molecule has 144 valence electrons. The summed E-state index contributed by atoms with van der Waals surface area (Å²) in [5.74, 6) is 0.0339. The first-order chi connectivity index (χ1) is 13.8. The molecule has 1 aliphatic heterocycles. The maximum absolute atomic E-state index is 13.2. The zero-order chi connectivity index (χ0) is 19.2. The molecule has 1 atom stereocenters. The van der Waals surface area contributed by atoms with Crippen LogP contribution in [0.5, 0.6) is 0 Å². The molecular formula is C22H24N4O2. The van der Waals surface area contributed by atoms with Crippen molar-refractivity contribution in [2.75, 3.05) is 13.2 Å². The third kappa shape index (κ3) is 4.64. The van der Waals surface area contributed by atoms with Crippen molar-refractivity contribution in [3.63, 3.8) is 0 Å². The highest BCUT2D eigenvalue weighted by atomic mass is 16.5. The predicted octanol–water partition coefficient (Wildman–Crippen LogP) is 3.15. The molecule has 1 aliphatic rings. The molecule has 1 unspecified atom stereocenters. The molecule has 0 radical (unpaired) electrons. The minimum Gasteiger partial charge on any atom is -0.376 e. The molecule has 2 heterocycles. The lowest BCUT2D eigenvalue weighted by atomic mass is 10.1. The van der Waals surface area contributed by atoms with Crippen molar-refractivity contribution in [3.8, 4) is 0 Å². The van der Waals surface area contributed by atoms with E-state index in [1.807, 2.05) is 47.4 Å². The van der Waals surface area contributed by atoms with Gasteiger partial charge in [-0.05, 0) is 36.1 Å². The van der Waals surface area contributed by atoms with Gasteiger partial charge >= 0.3 is 0 Å².